The average Bonchev–Trinajstić information content (AvgIpc) is 2.43. The normalized spacial score (nSPS) is 11.4. The van der Waals surface area contributed by atoms with Crippen LogP contribution >= 0.6 is 31.9 Å². The molecule has 0 atom stereocenters. The van der Waals surface area contributed by atoms with Gasteiger partial charge in [-0.05, 0) is 52.2 Å². The maximum absolute atomic E-state index is 12.5. The molecule has 3 N–H and O–H groups in total. The predicted octanol–water partition coefficient (Wildman–Crippen LogP) is 3.55. The van der Waals surface area contributed by atoms with Crippen molar-refractivity contribution in [3.63, 3.8) is 0 Å². The molecule has 2 aromatic rings. The lowest BCUT2D eigenvalue weighted by Crippen LogP contribution is -2.16. The second-order valence-electron chi connectivity index (χ2n) is 4.30. The standard InChI is InChI=1S/C13H13Br2N3O2S/c1-2-8-5-9(14)3-4-11(8)18-21(19,20)12-6-10(15)7-17-13(12)16/h3-7,18H,2H2,1H3,(H2,16,17). The highest BCUT2D eigenvalue weighted by Gasteiger charge is 2.20. The van der Waals surface area contributed by atoms with E-state index < -0.39 is 10.0 Å². The van der Waals surface area contributed by atoms with Gasteiger partial charge in [0.25, 0.3) is 10.0 Å². The topological polar surface area (TPSA) is 85.1 Å². The number of sulfonamides is 1. The van der Waals surface area contributed by atoms with Gasteiger partial charge in [0.2, 0.25) is 0 Å². The molecule has 1 aromatic heterocycles. The van der Waals surface area contributed by atoms with Crippen LogP contribution in [0, 0.1) is 0 Å². The number of halogens is 2. The van der Waals surface area contributed by atoms with Crippen LogP contribution in [0.25, 0.3) is 0 Å². The van der Waals surface area contributed by atoms with Gasteiger partial charge in [-0.2, -0.15) is 0 Å². The molecule has 0 saturated carbocycles. The number of benzene rings is 1. The van der Waals surface area contributed by atoms with E-state index >= 15 is 0 Å². The molecule has 0 aliphatic heterocycles. The summed E-state index contributed by atoms with van der Waals surface area (Å²) >= 11 is 6.56. The van der Waals surface area contributed by atoms with Gasteiger partial charge in [0.05, 0.1) is 5.69 Å². The number of anilines is 2. The molecule has 0 spiro atoms. The Balaban J connectivity index is 2.45. The van der Waals surface area contributed by atoms with Gasteiger partial charge in [-0.25, -0.2) is 13.4 Å². The first-order valence-corrected chi connectivity index (χ1v) is 9.12. The molecule has 8 heteroatoms. The maximum Gasteiger partial charge on any atom is 0.265 e. The van der Waals surface area contributed by atoms with E-state index in [1.807, 2.05) is 13.0 Å². The van der Waals surface area contributed by atoms with Crippen molar-refractivity contribution in [2.24, 2.45) is 0 Å². The average molecular weight is 435 g/mol. The number of nitrogen functional groups attached to an aromatic ring is 1. The Kier molecular flexibility index (Phi) is 4.90. The van der Waals surface area contributed by atoms with Crippen LogP contribution in [0.5, 0.6) is 0 Å². The number of aromatic nitrogens is 1. The molecule has 0 bridgehead atoms. The number of rotatable bonds is 4. The lowest BCUT2D eigenvalue weighted by molar-refractivity contribution is 0.601. The monoisotopic (exact) mass is 433 g/mol. The smallest absolute Gasteiger partial charge is 0.265 e. The van der Waals surface area contributed by atoms with E-state index in [4.69, 9.17) is 5.73 Å². The molecule has 2 rings (SSSR count). The predicted molar refractivity (Wildman–Crippen MR) is 90.7 cm³/mol. The van der Waals surface area contributed by atoms with Crippen molar-refractivity contribution in [3.05, 3.63) is 45.0 Å². The minimum Gasteiger partial charge on any atom is -0.383 e. The molecular weight excluding hydrogens is 422 g/mol. The van der Waals surface area contributed by atoms with Gasteiger partial charge in [0.1, 0.15) is 10.7 Å². The summed E-state index contributed by atoms with van der Waals surface area (Å²) < 4.78 is 28.9. The summed E-state index contributed by atoms with van der Waals surface area (Å²) in [4.78, 5) is 3.79. The number of hydrogen-bond donors (Lipinski definition) is 2. The van der Waals surface area contributed by atoms with Crippen molar-refractivity contribution in [1.82, 2.24) is 4.98 Å². The second kappa shape index (κ2) is 6.33. The number of nitrogens with zero attached hydrogens (tertiary/aromatic N) is 1. The summed E-state index contributed by atoms with van der Waals surface area (Å²) in [6, 6.07) is 6.79. The highest BCUT2D eigenvalue weighted by atomic mass is 79.9. The molecule has 0 aliphatic carbocycles. The molecule has 0 fully saturated rings. The fourth-order valence-electron chi connectivity index (χ4n) is 1.80. The molecule has 1 aromatic carbocycles. The Labute approximate surface area is 140 Å². The van der Waals surface area contributed by atoms with Gasteiger partial charge in [-0.1, -0.05) is 22.9 Å². The molecule has 0 saturated heterocycles. The molecule has 1 heterocycles. The van der Waals surface area contributed by atoms with Gasteiger partial charge in [0.15, 0.2) is 0 Å². The van der Waals surface area contributed by atoms with Crippen molar-refractivity contribution in [1.29, 1.82) is 0 Å². The zero-order chi connectivity index (χ0) is 15.6. The molecule has 0 unspecified atom stereocenters. The Bertz CT molecular complexity index is 779. The molecule has 112 valence electrons. The van der Waals surface area contributed by atoms with Crippen LogP contribution < -0.4 is 10.5 Å². The fraction of sp³-hybridized carbons (Fsp3) is 0.154. The summed E-state index contributed by atoms with van der Waals surface area (Å²) in [5, 5.41) is 0. The minimum atomic E-state index is -3.79. The largest absolute Gasteiger partial charge is 0.383 e. The molecule has 0 amide bonds. The van der Waals surface area contributed by atoms with E-state index in [1.54, 1.807) is 12.1 Å². The Morgan fingerprint density at radius 3 is 2.62 bits per heavy atom. The van der Waals surface area contributed by atoms with E-state index in [2.05, 4.69) is 41.6 Å². The van der Waals surface area contributed by atoms with Crippen LogP contribution in [-0.2, 0) is 16.4 Å². The van der Waals surface area contributed by atoms with Crippen LogP contribution in [0.3, 0.4) is 0 Å². The zero-order valence-electron chi connectivity index (χ0n) is 11.1. The van der Waals surface area contributed by atoms with E-state index in [9.17, 15) is 8.42 Å². The third kappa shape index (κ3) is 3.75. The lowest BCUT2D eigenvalue weighted by atomic mass is 10.1. The van der Waals surface area contributed by atoms with Crippen LogP contribution in [0.2, 0.25) is 0 Å². The van der Waals surface area contributed by atoms with Gasteiger partial charge in [-0.15, -0.1) is 0 Å². The third-order valence-electron chi connectivity index (χ3n) is 2.83. The molecule has 5 nitrogen and oxygen atoms in total. The SMILES string of the molecule is CCc1cc(Br)ccc1NS(=O)(=O)c1cc(Br)cnc1N. The van der Waals surface area contributed by atoms with Gasteiger partial charge in [-0.3, -0.25) is 4.72 Å². The van der Waals surface area contributed by atoms with Crippen molar-refractivity contribution in [2.75, 3.05) is 10.5 Å². The molecular formula is C13H13Br2N3O2S. The van der Waals surface area contributed by atoms with E-state index in [1.165, 1.54) is 12.3 Å². The summed E-state index contributed by atoms with van der Waals surface area (Å²) in [5.74, 6) is -0.0409. The second-order valence-corrected chi connectivity index (χ2v) is 7.78. The first kappa shape index (κ1) is 16.3. The Morgan fingerprint density at radius 2 is 1.95 bits per heavy atom. The van der Waals surface area contributed by atoms with Crippen LogP contribution in [0.15, 0.2) is 44.3 Å². The van der Waals surface area contributed by atoms with Gasteiger partial charge >= 0.3 is 0 Å². The minimum absolute atomic E-state index is 0.0409. The zero-order valence-corrected chi connectivity index (χ0v) is 15.1. The third-order valence-corrected chi connectivity index (χ3v) is 5.15. The van der Waals surface area contributed by atoms with E-state index in [0.717, 1.165) is 10.0 Å². The van der Waals surface area contributed by atoms with Gasteiger partial charge < -0.3 is 5.73 Å². The summed E-state index contributed by atoms with van der Waals surface area (Å²) in [6.07, 6.45) is 2.15. The molecule has 0 aliphatic rings. The fourth-order valence-corrected chi connectivity index (χ4v) is 3.90. The first-order valence-electron chi connectivity index (χ1n) is 6.05. The van der Waals surface area contributed by atoms with E-state index in [0.29, 0.717) is 16.6 Å². The maximum atomic E-state index is 12.5. The van der Waals surface area contributed by atoms with E-state index in [-0.39, 0.29) is 10.7 Å². The highest BCUT2D eigenvalue weighted by Crippen LogP contribution is 2.27. The number of hydrogen-bond acceptors (Lipinski definition) is 4. The van der Waals surface area contributed by atoms with Crippen molar-refractivity contribution in [3.8, 4) is 0 Å². The number of aryl methyl sites for hydroxylation is 1. The first-order chi connectivity index (χ1) is 9.83. The van der Waals surface area contributed by atoms with Crippen LogP contribution in [0.1, 0.15) is 12.5 Å². The number of nitrogens with one attached hydrogen (secondary N) is 1. The molecule has 21 heavy (non-hydrogen) atoms. The Hall–Kier alpha value is -1.12. The van der Waals surface area contributed by atoms with Crippen LogP contribution in [0.4, 0.5) is 11.5 Å². The van der Waals surface area contributed by atoms with Gasteiger partial charge in [0, 0.05) is 15.1 Å². The Morgan fingerprint density at radius 1 is 1.24 bits per heavy atom. The summed E-state index contributed by atoms with van der Waals surface area (Å²) in [5.41, 5.74) is 7.08. The lowest BCUT2D eigenvalue weighted by Gasteiger charge is -2.13. The van der Waals surface area contributed by atoms with Crippen molar-refractivity contribution in [2.45, 2.75) is 18.2 Å². The highest BCUT2D eigenvalue weighted by molar-refractivity contribution is 9.10. The summed E-state index contributed by atoms with van der Waals surface area (Å²) in [6.45, 7) is 1.95. The molecule has 0 radical (unpaired) electrons. The summed E-state index contributed by atoms with van der Waals surface area (Å²) in [7, 11) is -3.79. The number of pyridine rings is 1. The van der Waals surface area contributed by atoms with Crippen molar-refractivity contribution < 1.29 is 8.42 Å². The van der Waals surface area contributed by atoms with Crippen molar-refractivity contribution >= 4 is 53.4 Å². The number of nitrogens with two attached hydrogens (primary N) is 1. The van der Waals surface area contributed by atoms with Crippen LogP contribution in [-0.4, -0.2) is 13.4 Å². The quantitative estimate of drug-likeness (QED) is 0.770.